The summed E-state index contributed by atoms with van der Waals surface area (Å²) >= 11 is 0.912. The van der Waals surface area contributed by atoms with Gasteiger partial charge in [-0.3, -0.25) is 14.5 Å². The number of thioether (sulfide) groups is 1. The molecule has 3 aromatic rings. The summed E-state index contributed by atoms with van der Waals surface area (Å²) in [6, 6.07) is 19.3. The Hall–Kier alpha value is -3.58. The van der Waals surface area contributed by atoms with E-state index in [-0.39, 0.29) is 30.1 Å². The molecule has 0 aliphatic carbocycles. The van der Waals surface area contributed by atoms with Crippen LogP contribution < -0.4 is 9.47 Å². The number of ether oxygens (including phenoxy) is 2. The first-order chi connectivity index (χ1) is 15.9. The molecule has 0 radical (unpaired) electrons. The summed E-state index contributed by atoms with van der Waals surface area (Å²) in [5.41, 5.74) is 3.09. The van der Waals surface area contributed by atoms with Gasteiger partial charge in [0, 0.05) is 5.56 Å². The third-order valence-electron chi connectivity index (χ3n) is 5.12. The largest absolute Gasteiger partial charge is 0.493 e. The Morgan fingerprint density at radius 3 is 2.58 bits per heavy atom. The smallest absolute Gasteiger partial charge is 0.293 e. The fourth-order valence-electron chi connectivity index (χ4n) is 3.44. The molecule has 0 aromatic heterocycles. The molecular weight excluding hydrogens is 441 g/mol. The Labute approximate surface area is 195 Å². The van der Waals surface area contributed by atoms with E-state index < -0.39 is 0 Å². The molecule has 33 heavy (non-hydrogen) atoms. The van der Waals surface area contributed by atoms with Gasteiger partial charge >= 0.3 is 0 Å². The van der Waals surface area contributed by atoms with Gasteiger partial charge in [-0.25, -0.2) is 4.39 Å². The van der Waals surface area contributed by atoms with E-state index in [0.717, 1.165) is 22.9 Å². The van der Waals surface area contributed by atoms with Crippen LogP contribution in [0.15, 0.2) is 71.6 Å². The van der Waals surface area contributed by atoms with Crippen molar-refractivity contribution in [1.29, 1.82) is 0 Å². The molecule has 1 aliphatic rings. The van der Waals surface area contributed by atoms with Crippen molar-refractivity contribution in [3.8, 4) is 11.5 Å². The molecular formula is C26H22FNO4S. The molecule has 0 N–H and O–H groups in total. The minimum Gasteiger partial charge on any atom is -0.493 e. The van der Waals surface area contributed by atoms with E-state index in [0.29, 0.717) is 27.5 Å². The maximum absolute atomic E-state index is 13.8. The summed E-state index contributed by atoms with van der Waals surface area (Å²) in [6.45, 7) is 2.25. The van der Waals surface area contributed by atoms with E-state index in [4.69, 9.17) is 9.47 Å². The van der Waals surface area contributed by atoms with Crippen LogP contribution in [0.3, 0.4) is 0 Å². The Balaban J connectivity index is 1.49. The third-order valence-corrected chi connectivity index (χ3v) is 6.03. The van der Waals surface area contributed by atoms with Crippen LogP contribution in [0.5, 0.6) is 11.5 Å². The molecule has 3 aromatic carbocycles. The number of benzene rings is 3. The molecule has 0 bridgehead atoms. The lowest BCUT2D eigenvalue weighted by Gasteiger charge is -2.13. The zero-order chi connectivity index (χ0) is 23.4. The highest BCUT2D eigenvalue weighted by Crippen LogP contribution is 2.35. The Morgan fingerprint density at radius 1 is 1.00 bits per heavy atom. The summed E-state index contributed by atoms with van der Waals surface area (Å²) in [6.07, 6.45) is 1.66. The van der Waals surface area contributed by atoms with Crippen LogP contribution >= 0.6 is 11.8 Å². The normalized spacial score (nSPS) is 14.8. The number of halogens is 1. The lowest BCUT2D eigenvalue weighted by molar-refractivity contribution is -0.123. The van der Waals surface area contributed by atoms with Gasteiger partial charge in [0.2, 0.25) is 0 Å². The Morgan fingerprint density at radius 2 is 1.82 bits per heavy atom. The summed E-state index contributed by atoms with van der Waals surface area (Å²) in [5.74, 6) is 0.226. The molecule has 4 rings (SSSR count). The monoisotopic (exact) mass is 463 g/mol. The molecule has 0 unspecified atom stereocenters. The summed E-state index contributed by atoms with van der Waals surface area (Å²) < 4.78 is 25.0. The van der Waals surface area contributed by atoms with E-state index in [1.165, 1.54) is 18.1 Å². The molecule has 0 spiro atoms. The summed E-state index contributed by atoms with van der Waals surface area (Å²) in [7, 11) is 1.50. The van der Waals surface area contributed by atoms with Crippen molar-refractivity contribution in [2.45, 2.75) is 20.1 Å². The van der Waals surface area contributed by atoms with Gasteiger partial charge in [0.25, 0.3) is 11.1 Å². The van der Waals surface area contributed by atoms with Crippen LogP contribution in [0.25, 0.3) is 6.08 Å². The van der Waals surface area contributed by atoms with Crippen LogP contribution in [0, 0.1) is 12.7 Å². The molecule has 168 valence electrons. The fourth-order valence-corrected chi connectivity index (χ4v) is 4.28. The second kappa shape index (κ2) is 9.92. The van der Waals surface area contributed by atoms with Crippen LogP contribution in [-0.4, -0.2) is 23.2 Å². The number of amides is 2. The maximum atomic E-state index is 13.8. The lowest BCUT2D eigenvalue weighted by Crippen LogP contribution is -2.27. The standard InChI is InChI=1S/C26H22FNO4S/c1-17-6-5-7-19(12-17)15-28-25(29)24(33-26(28)30)14-18-10-11-22(23(13-18)31-2)32-16-20-8-3-4-9-21(20)27/h3-14H,15-16H2,1-2H3/b24-14+. The van der Waals surface area contributed by atoms with E-state index >= 15 is 0 Å². The van der Waals surface area contributed by atoms with Gasteiger partial charge in [-0.05, 0) is 54.1 Å². The van der Waals surface area contributed by atoms with Gasteiger partial charge in [0.05, 0.1) is 18.6 Å². The van der Waals surface area contributed by atoms with Gasteiger partial charge < -0.3 is 9.47 Å². The summed E-state index contributed by atoms with van der Waals surface area (Å²) in [4.78, 5) is 26.9. The zero-order valence-electron chi connectivity index (χ0n) is 18.2. The number of carbonyl (C=O) groups excluding carboxylic acids is 2. The van der Waals surface area contributed by atoms with E-state index in [2.05, 4.69) is 0 Å². The second-order valence-corrected chi connectivity index (χ2v) is 8.54. The number of imide groups is 1. The van der Waals surface area contributed by atoms with Gasteiger partial charge in [-0.15, -0.1) is 0 Å². The Bertz CT molecular complexity index is 1240. The van der Waals surface area contributed by atoms with Crippen molar-refractivity contribution < 1.29 is 23.5 Å². The average molecular weight is 464 g/mol. The average Bonchev–Trinajstić information content (AvgIpc) is 3.06. The van der Waals surface area contributed by atoms with Crippen LogP contribution in [0.2, 0.25) is 0 Å². The first kappa shape index (κ1) is 22.6. The highest BCUT2D eigenvalue weighted by Gasteiger charge is 2.35. The second-order valence-electron chi connectivity index (χ2n) is 7.55. The first-order valence-corrected chi connectivity index (χ1v) is 11.1. The van der Waals surface area contributed by atoms with Gasteiger partial charge in [0.15, 0.2) is 11.5 Å². The number of rotatable bonds is 7. The number of methoxy groups -OCH3 is 1. The molecule has 0 saturated carbocycles. The summed E-state index contributed by atoms with van der Waals surface area (Å²) in [5, 5.41) is -0.301. The quantitative estimate of drug-likeness (QED) is 0.405. The van der Waals surface area contributed by atoms with Crippen molar-refractivity contribution in [3.05, 3.63) is 99.7 Å². The van der Waals surface area contributed by atoms with Crippen molar-refractivity contribution >= 4 is 29.0 Å². The number of hydrogen-bond donors (Lipinski definition) is 0. The van der Waals surface area contributed by atoms with E-state index in [9.17, 15) is 14.0 Å². The third kappa shape index (κ3) is 5.26. The van der Waals surface area contributed by atoms with Crippen molar-refractivity contribution in [3.63, 3.8) is 0 Å². The number of hydrogen-bond acceptors (Lipinski definition) is 5. The molecule has 1 heterocycles. The van der Waals surface area contributed by atoms with Gasteiger partial charge in [0.1, 0.15) is 12.4 Å². The molecule has 7 heteroatoms. The highest BCUT2D eigenvalue weighted by atomic mass is 32.2. The van der Waals surface area contributed by atoms with E-state index in [1.807, 2.05) is 31.2 Å². The maximum Gasteiger partial charge on any atom is 0.293 e. The fraction of sp³-hybridized carbons (Fsp3) is 0.154. The molecule has 1 fully saturated rings. The minimum atomic E-state index is -0.338. The molecule has 1 aliphatic heterocycles. The number of carbonyl (C=O) groups is 2. The van der Waals surface area contributed by atoms with Crippen molar-refractivity contribution in [2.75, 3.05) is 7.11 Å². The molecule has 5 nitrogen and oxygen atoms in total. The van der Waals surface area contributed by atoms with Crippen LogP contribution in [-0.2, 0) is 17.9 Å². The zero-order valence-corrected chi connectivity index (χ0v) is 19.0. The van der Waals surface area contributed by atoms with Crippen molar-refractivity contribution in [1.82, 2.24) is 4.90 Å². The highest BCUT2D eigenvalue weighted by molar-refractivity contribution is 8.18. The topological polar surface area (TPSA) is 55.8 Å². The SMILES string of the molecule is COc1cc(/C=C2/SC(=O)N(Cc3cccc(C)c3)C2=O)ccc1OCc1ccccc1F. The van der Waals surface area contributed by atoms with Crippen LogP contribution in [0.1, 0.15) is 22.3 Å². The number of aryl methyl sites for hydroxylation is 1. The first-order valence-electron chi connectivity index (χ1n) is 10.3. The van der Waals surface area contributed by atoms with Gasteiger partial charge in [-0.1, -0.05) is 54.1 Å². The van der Waals surface area contributed by atoms with Crippen LogP contribution in [0.4, 0.5) is 9.18 Å². The Kier molecular flexibility index (Phi) is 6.79. The van der Waals surface area contributed by atoms with Gasteiger partial charge in [-0.2, -0.15) is 0 Å². The molecule has 1 saturated heterocycles. The molecule has 0 atom stereocenters. The van der Waals surface area contributed by atoms with Crippen molar-refractivity contribution in [2.24, 2.45) is 0 Å². The molecule has 2 amide bonds. The van der Waals surface area contributed by atoms with E-state index in [1.54, 1.807) is 42.5 Å². The lowest BCUT2D eigenvalue weighted by atomic mass is 10.1. The predicted molar refractivity (Wildman–Crippen MR) is 126 cm³/mol. The minimum absolute atomic E-state index is 0.0558. The number of nitrogens with zero attached hydrogens (tertiary/aromatic N) is 1. The predicted octanol–water partition coefficient (Wildman–Crippen LogP) is 5.96.